The highest BCUT2D eigenvalue weighted by Gasteiger charge is 1.97. The van der Waals surface area contributed by atoms with Crippen molar-refractivity contribution in [3.8, 4) is 5.75 Å². The van der Waals surface area contributed by atoms with Gasteiger partial charge in [0, 0.05) is 5.30 Å². The summed E-state index contributed by atoms with van der Waals surface area (Å²) in [6, 6.07) is 18.1. The van der Waals surface area contributed by atoms with Crippen LogP contribution < -0.4 is 10.0 Å². The van der Waals surface area contributed by atoms with Crippen molar-refractivity contribution in [3.63, 3.8) is 0 Å². The minimum absolute atomic E-state index is 0.617. The fraction of sp³-hybridized carbons (Fsp3) is 0.0769. The molecule has 0 aliphatic carbocycles. The highest BCUT2D eigenvalue weighted by atomic mass is 31.0. The average molecular weight is 216 g/mol. The Balaban J connectivity index is 2.03. The largest absolute Gasteiger partial charge is 0.488 e. The third-order valence-corrected chi connectivity index (χ3v) is 2.63. The van der Waals surface area contributed by atoms with Crippen LogP contribution >= 0.6 is 9.24 Å². The molecule has 0 amide bonds. The molecule has 0 N–H and O–H groups in total. The van der Waals surface area contributed by atoms with Gasteiger partial charge in [0.15, 0.2) is 0 Å². The quantitative estimate of drug-likeness (QED) is 0.717. The Morgan fingerprint density at radius 1 is 0.867 bits per heavy atom. The zero-order valence-electron chi connectivity index (χ0n) is 8.39. The van der Waals surface area contributed by atoms with Crippen molar-refractivity contribution in [1.29, 1.82) is 0 Å². The Kier molecular flexibility index (Phi) is 3.37. The molecule has 1 unspecified atom stereocenters. The average Bonchev–Trinajstić information content (AvgIpc) is 2.29. The first-order valence-corrected chi connectivity index (χ1v) is 5.45. The normalized spacial score (nSPS) is 9.93. The minimum atomic E-state index is 0.617. The third kappa shape index (κ3) is 2.81. The summed E-state index contributed by atoms with van der Waals surface area (Å²) in [7, 11) is 2.67. The Bertz CT molecular complexity index is 426. The van der Waals surface area contributed by atoms with E-state index in [9.17, 15) is 0 Å². The van der Waals surface area contributed by atoms with Crippen molar-refractivity contribution < 1.29 is 4.74 Å². The van der Waals surface area contributed by atoms with E-state index in [1.165, 1.54) is 5.56 Å². The molecule has 0 heterocycles. The molecule has 0 saturated carbocycles. The lowest BCUT2D eigenvalue weighted by Crippen LogP contribution is -2.02. The summed E-state index contributed by atoms with van der Waals surface area (Å²) in [6.07, 6.45) is 0. The van der Waals surface area contributed by atoms with E-state index >= 15 is 0 Å². The van der Waals surface area contributed by atoms with Crippen LogP contribution in [-0.4, -0.2) is 0 Å². The van der Waals surface area contributed by atoms with E-state index in [4.69, 9.17) is 4.74 Å². The Labute approximate surface area is 92.3 Å². The summed E-state index contributed by atoms with van der Waals surface area (Å²) in [5.74, 6) is 0.923. The Hall–Kier alpha value is -1.33. The first-order chi connectivity index (χ1) is 7.36. The maximum atomic E-state index is 5.70. The Morgan fingerprint density at radius 2 is 1.53 bits per heavy atom. The van der Waals surface area contributed by atoms with Crippen LogP contribution in [0.5, 0.6) is 5.75 Å². The van der Waals surface area contributed by atoms with Crippen molar-refractivity contribution in [2.75, 3.05) is 0 Å². The van der Waals surface area contributed by atoms with E-state index in [1.54, 1.807) is 0 Å². The maximum absolute atomic E-state index is 5.70. The van der Waals surface area contributed by atoms with Crippen LogP contribution in [0.1, 0.15) is 5.56 Å². The summed E-state index contributed by atoms with van der Waals surface area (Å²) < 4.78 is 5.70. The molecule has 15 heavy (non-hydrogen) atoms. The van der Waals surface area contributed by atoms with Crippen molar-refractivity contribution in [2.24, 2.45) is 0 Å². The van der Waals surface area contributed by atoms with E-state index in [0.717, 1.165) is 11.1 Å². The van der Waals surface area contributed by atoms with Crippen molar-refractivity contribution in [2.45, 2.75) is 6.61 Å². The molecule has 0 aromatic heterocycles. The molecule has 0 radical (unpaired) electrons. The summed E-state index contributed by atoms with van der Waals surface area (Å²) in [6.45, 7) is 0.617. The third-order valence-electron chi connectivity index (χ3n) is 2.16. The number of hydrogen-bond acceptors (Lipinski definition) is 1. The molecule has 0 saturated heterocycles. The van der Waals surface area contributed by atoms with Gasteiger partial charge in [0.2, 0.25) is 0 Å². The fourth-order valence-electron chi connectivity index (χ4n) is 1.35. The van der Waals surface area contributed by atoms with Gasteiger partial charge in [-0.05, 0) is 11.6 Å². The van der Waals surface area contributed by atoms with Crippen LogP contribution in [0, 0.1) is 0 Å². The first kappa shape index (κ1) is 10.2. The monoisotopic (exact) mass is 216 g/mol. The lowest BCUT2D eigenvalue weighted by atomic mass is 10.2. The molecular weight excluding hydrogens is 203 g/mol. The van der Waals surface area contributed by atoms with Gasteiger partial charge >= 0.3 is 0 Å². The summed E-state index contributed by atoms with van der Waals surface area (Å²) >= 11 is 0. The first-order valence-electron chi connectivity index (χ1n) is 4.87. The molecule has 76 valence electrons. The second kappa shape index (κ2) is 4.95. The van der Waals surface area contributed by atoms with E-state index in [-0.39, 0.29) is 0 Å². The van der Waals surface area contributed by atoms with E-state index in [1.807, 2.05) is 42.5 Å². The van der Waals surface area contributed by atoms with Crippen molar-refractivity contribution >= 4 is 14.5 Å². The second-order valence-corrected chi connectivity index (χ2v) is 3.93. The SMILES string of the molecule is Pc1ccccc1OCc1ccccc1. The molecule has 0 bridgehead atoms. The number of hydrogen-bond donors (Lipinski definition) is 0. The van der Waals surface area contributed by atoms with Crippen LogP contribution in [0.3, 0.4) is 0 Å². The molecule has 2 aromatic carbocycles. The molecule has 1 nitrogen and oxygen atoms in total. The highest BCUT2D eigenvalue weighted by molar-refractivity contribution is 7.27. The summed E-state index contributed by atoms with van der Waals surface area (Å²) in [5.41, 5.74) is 1.19. The smallest absolute Gasteiger partial charge is 0.126 e. The van der Waals surface area contributed by atoms with Gasteiger partial charge in [-0.15, -0.1) is 9.24 Å². The second-order valence-electron chi connectivity index (χ2n) is 3.31. The number of para-hydroxylation sites is 1. The molecule has 0 aliphatic heterocycles. The zero-order valence-corrected chi connectivity index (χ0v) is 9.54. The van der Waals surface area contributed by atoms with Crippen molar-refractivity contribution in [3.05, 3.63) is 60.2 Å². The fourth-order valence-corrected chi connectivity index (χ4v) is 1.64. The van der Waals surface area contributed by atoms with Crippen LogP contribution in [0.4, 0.5) is 0 Å². The van der Waals surface area contributed by atoms with Gasteiger partial charge in [0.05, 0.1) is 0 Å². The lowest BCUT2D eigenvalue weighted by Gasteiger charge is -2.08. The summed E-state index contributed by atoms with van der Waals surface area (Å²) in [4.78, 5) is 0. The van der Waals surface area contributed by atoms with E-state index < -0.39 is 0 Å². The van der Waals surface area contributed by atoms with Crippen LogP contribution in [0.2, 0.25) is 0 Å². The maximum Gasteiger partial charge on any atom is 0.126 e. The van der Waals surface area contributed by atoms with E-state index in [2.05, 4.69) is 21.4 Å². The molecule has 2 rings (SSSR count). The minimum Gasteiger partial charge on any atom is -0.488 e. The molecule has 2 aromatic rings. The van der Waals surface area contributed by atoms with Gasteiger partial charge in [0.1, 0.15) is 12.4 Å². The standard InChI is InChI=1S/C13H13OP/c15-13-9-5-4-8-12(13)14-10-11-6-2-1-3-7-11/h1-9H,10,15H2. The molecule has 0 spiro atoms. The Morgan fingerprint density at radius 3 is 2.27 bits per heavy atom. The highest BCUT2D eigenvalue weighted by Crippen LogP contribution is 2.12. The van der Waals surface area contributed by atoms with Crippen LogP contribution in [-0.2, 0) is 6.61 Å². The number of benzene rings is 2. The van der Waals surface area contributed by atoms with Gasteiger partial charge in [0.25, 0.3) is 0 Å². The molecule has 2 heteroatoms. The van der Waals surface area contributed by atoms with Crippen LogP contribution in [0.15, 0.2) is 54.6 Å². The number of ether oxygens (including phenoxy) is 1. The topological polar surface area (TPSA) is 9.23 Å². The summed E-state index contributed by atoms with van der Waals surface area (Å²) in [5, 5.41) is 1.09. The molecular formula is C13H13OP. The van der Waals surface area contributed by atoms with Gasteiger partial charge in [-0.25, -0.2) is 0 Å². The molecule has 1 atom stereocenters. The van der Waals surface area contributed by atoms with E-state index in [0.29, 0.717) is 6.61 Å². The van der Waals surface area contributed by atoms with Gasteiger partial charge in [-0.2, -0.15) is 0 Å². The predicted molar refractivity (Wildman–Crippen MR) is 66.6 cm³/mol. The zero-order chi connectivity index (χ0) is 10.5. The predicted octanol–water partition coefficient (Wildman–Crippen LogP) is 2.77. The molecule has 0 aliphatic rings. The van der Waals surface area contributed by atoms with Gasteiger partial charge in [-0.1, -0.05) is 48.5 Å². The number of rotatable bonds is 3. The van der Waals surface area contributed by atoms with Gasteiger partial charge in [-0.3, -0.25) is 0 Å². The van der Waals surface area contributed by atoms with Crippen molar-refractivity contribution in [1.82, 2.24) is 0 Å². The lowest BCUT2D eigenvalue weighted by molar-refractivity contribution is 0.309. The van der Waals surface area contributed by atoms with Gasteiger partial charge < -0.3 is 4.74 Å². The van der Waals surface area contributed by atoms with Crippen LogP contribution in [0.25, 0.3) is 0 Å². The molecule has 0 fully saturated rings.